The van der Waals surface area contributed by atoms with Crippen molar-refractivity contribution in [1.29, 1.82) is 0 Å². The Balaban J connectivity index is 1.67. The van der Waals surface area contributed by atoms with Crippen LogP contribution in [0.4, 0.5) is 5.69 Å². The predicted molar refractivity (Wildman–Crippen MR) is 123 cm³/mol. The minimum atomic E-state index is -1.36. The van der Waals surface area contributed by atoms with Crippen LogP contribution in [-0.4, -0.2) is 34.7 Å². The molecule has 1 amide bonds. The Hall–Kier alpha value is -4.57. The van der Waals surface area contributed by atoms with Crippen LogP contribution in [0.15, 0.2) is 77.9 Å². The first kappa shape index (κ1) is 24.1. The second-order valence-electron chi connectivity index (χ2n) is 6.88. The van der Waals surface area contributed by atoms with Crippen LogP contribution in [0.25, 0.3) is 0 Å². The Bertz CT molecular complexity index is 1190. The molecule has 3 aromatic rings. The highest BCUT2D eigenvalue weighted by molar-refractivity contribution is 5.92. The van der Waals surface area contributed by atoms with E-state index in [1.807, 2.05) is 0 Å². The quantitative estimate of drug-likeness (QED) is 0.163. The first-order chi connectivity index (χ1) is 16.4. The van der Waals surface area contributed by atoms with Gasteiger partial charge in [0.2, 0.25) is 0 Å². The largest absolute Gasteiger partial charge is 0.490 e. The van der Waals surface area contributed by atoms with Gasteiger partial charge in [-0.2, -0.15) is 5.10 Å². The van der Waals surface area contributed by atoms with Gasteiger partial charge in [0, 0.05) is 12.1 Å². The van der Waals surface area contributed by atoms with Crippen LogP contribution in [0.1, 0.15) is 34.5 Å². The zero-order chi connectivity index (χ0) is 24.5. The van der Waals surface area contributed by atoms with Gasteiger partial charge in [-0.05, 0) is 48.4 Å². The van der Waals surface area contributed by atoms with E-state index in [-0.39, 0.29) is 22.7 Å². The van der Waals surface area contributed by atoms with E-state index in [4.69, 9.17) is 9.47 Å². The lowest BCUT2D eigenvalue weighted by Gasteiger charge is -2.11. The summed E-state index contributed by atoms with van der Waals surface area (Å²) in [6.45, 7) is 2.05. The minimum absolute atomic E-state index is 0.137. The number of carbonyl (C=O) groups excluding carboxylic acids is 2. The zero-order valence-corrected chi connectivity index (χ0v) is 18.1. The van der Waals surface area contributed by atoms with Gasteiger partial charge in [0.1, 0.15) is 0 Å². The predicted octanol–water partition coefficient (Wildman–Crippen LogP) is 3.40. The molecule has 0 radical (unpaired) electrons. The van der Waals surface area contributed by atoms with Gasteiger partial charge in [0.15, 0.2) is 17.6 Å². The topological polar surface area (TPSA) is 140 Å². The number of benzene rings is 3. The standard InChI is InChI=1S/C24H21N3O7/c1-2-33-21-14-16(15-25-26-23(29)22(28)17-6-4-3-5-7-17)8-13-20(21)34-24(30)18-9-11-19(12-10-18)27(31)32/h3-15,22,28H,2H2,1H3,(H,26,29)/b25-15+. The van der Waals surface area contributed by atoms with Crippen LogP contribution in [-0.2, 0) is 4.79 Å². The van der Waals surface area contributed by atoms with Crippen molar-refractivity contribution in [3.05, 3.63) is 99.6 Å². The van der Waals surface area contributed by atoms with Crippen LogP contribution < -0.4 is 14.9 Å². The number of carbonyl (C=O) groups is 2. The van der Waals surface area contributed by atoms with Crippen molar-refractivity contribution in [1.82, 2.24) is 5.43 Å². The second-order valence-corrected chi connectivity index (χ2v) is 6.88. The van der Waals surface area contributed by atoms with Crippen LogP contribution in [0.2, 0.25) is 0 Å². The van der Waals surface area contributed by atoms with Gasteiger partial charge in [0.05, 0.1) is 23.3 Å². The molecule has 3 rings (SSSR count). The molecular formula is C24H21N3O7. The highest BCUT2D eigenvalue weighted by Crippen LogP contribution is 2.29. The van der Waals surface area contributed by atoms with Gasteiger partial charge in [-0.3, -0.25) is 14.9 Å². The first-order valence-electron chi connectivity index (χ1n) is 10.2. The molecule has 0 aromatic heterocycles. The lowest BCUT2D eigenvalue weighted by Crippen LogP contribution is -2.25. The third kappa shape index (κ3) is 6.24. The fourth-order valence-corrected chi connectivity index (χ4v) is 2.85. The Morgan fingerprint density at radius 3 is 2.44 bits per heavy atom. The van der Waals surface area contributed by atoms with Crippen molar-refractivity contribution in [2.75, 3.05) is 6.61 Å². The number of hydrazone groups is 1. The average Bonchev–Trinajstić information content (AvgIpc) is 2.85. The summed E-state index contributed by atoms with van der Waals surface area (Å²) in [6.07, 6.45) is -0.0152. The Labute approximate surface area is 194 Å². The number of non-ortho nitro benzene ring substituents is 1. The lowest BCUT2D eigenvalue weighted by atomic mass is 10.1. The van der Waals surface area contributed by atoms with Crippen molar-refractivity contribution < 1.29 is 29.1 Å². The maximum absolute atomic E-state index is 12.4. The molecule has 3 aromatic carbocycles. The molecule has 0 aliphatic heterocycles. The van der Waals surface area contributed by atoms with Gasteiger partial charge in [-0.25, -0.2) is 10.2 Å². The number of nitrogens with one attached hydrogen (secondary N) is 1. The first-order valence-corrected chi connectivity index (χ1v) is 10.2. The number of nitro benzene ring substituents is 1. The fourth-order valence-electron chi connectivity index (χ4n) is 2.85. The van der Waals surface area contributed by atoms with E-state index in [1.165, 1.54) is 36.5 Å². The molecular weight excluding hydrogens is 442 g/mol. The summed E-state index contributed by atoms with van der Waals surface area (Å²) < 4.78 is 10.9. The van der Waals surface area contributed by atoms with Crippen molar-refractivity contribution in [3.63, 3.8) is 0 Å². The summed E-state index contributed by atoms with van der Waals surface area (Å²) >= 11 is 0. The number of esters is 1. The number of hydrogen-bond donors (Lipinski definition) is 2. The van der Waals surface area contributed by atoms with E-state index in [9.17, 15) is 24.8 Å². The van der Waals surface area contributed by atoms with Gasteiger partial charge >= 0.3 is 5.97 Å². The van der Waals surface area contributed by atoms with Crippen LogP contribution >= 0.6 is 0 Å². The van der Waals surface area contributed by atoms with E-state index < -0.39 is 22.9 Å². The summed E-state index contributed by atoms with van der Waals surface area (Å²) in [5.74, 6) is -0.996. The molecule has 0 spiro atoms. The molecule has 1 atom stereocenters. The van der Waals surface area contributed by atoms with E-state index in [0.29, 0.717) is 17.7 Å². The normalized spacial score (nSPS) is 11.6. The number of rotatable bonds is 9. The van der Waals surface area contributed by atoms with Crippen molar-refractivity contribution in [3.8, 4) is 11.5 Å². The van der Waals surface area contributed by atoms with Gasteiger partial charge < -0.3 is 14.6 Å². The number of aliphatic hydroxyl groups is 1. The van der Waals surface area contributed by atoms with E-state index in [1.54, 1.807) is 49.4 Å². The molecule has 0 bridgehead atoms. The molecule has 0 saturated heterocycles. The molecule has 0 fully saturated rings. The van der Waals surface area contributed by atoms with E-state index in [2.05, 4.69) is 10.5 Å². The van der Waals surface area contributed by atoms with Crippen molar-refractivity contribution in [2.24, 2.45) is 5.10 Å². The zero-order valence-electron chi connectivity index (χ0n) is 18.1. The summed E-state index contributed by atoms with van der Waals surface area (Å²) in [7, 11) is 0. The van der Waals surface area contributed by atoms with Crippen LogP contribution in [0.5, 0.6) is 11.5 Å². The Morgan fingerprint density at radius 2 is 1.79 bits per heavy atom. The molecule has 0 aliphatic rings. The summed E-state index contributed by atoms with van der Waals surface area (Å²) in [4.78, 5) is 34.7. The van der Waals surface area contributed by atoms with E-state index >= 15 is 0 Å². The second kappa shape index (κ2) is 11.3. The summed E-state index contributed by atoms with van der Waals surface area (Å²) in [6, 6.07) is 18.1. The van der Waals surface area contributed by atoms with Crippen molar-refractivity contribution >= 4 is 23.8 Å². The van der Waals surface area contributed by atoms with Crippen LogP contribution in [0.3, 0.4) is 0 Å². The Kier molecular flexibility index (Phi) is 8.03. The highest BCUT2D eigenvalue weighted by atomic mass is 16.6. The highest BCUT2D eigenvalue weighted by Gasteiger charge is 2.17. The molecule has 0 heterocycles. The maximum Gasteiger partial charge on any atom is 0.343 e. The number of nitrogens with zero attached hydrogens (tertiary/aromatic N) is 2. The molecule has 10 nitrogen and oxygen atoms in total. The molecule has 2 N–H and O–H groups in total. The number of hydrogen-bond acceptors (Lipinski definition) is 8. The summed E-state index contributed by atoms with van der Waals surface area (Å²) in [5, 5.41) is 24.7. The molecule has 10 heteroatoms. The fraction of sp³-hybridized carbons (Fsp3) is 0.125. The SMILES string of the molecule is CCOc1cc(/C=N/NC(=O)C(O)c2ccccc2)ccc1OC(=O)c1ccc([N+](=O)[O-])cc1. The van der Waals surface area contributed by atoms with Gasteiger partial charge in [-0.1, -0.05) is 30.3 Å². The average molecular weight is 463 g/mol. The third-order valence-electron chi connectivity index (χ3n) is 4.54. The molecule has 34 heavy (non-hydrogen) atoms. The Morgan fingerprint density at radius 1 is 1.09 bits per heavy atom. The lowest BCUT2D eigenvalue weighted by molar-refractivity contribution is -0.384. The summed E-state index contributed by atoms with van der Waals surface area (Å²) in [5.41, 5.74) is 3.24. The van der Waals surface area contributed by atoms with Gasteiger partial charge in [0.25, 0.3) is 11.6 Å². The minimum Gasteiger partial charge on any atom is -0.490 e. The number of nitro groups is 1. The number of aliphatic hydroxyl groups excluding tert-OH is 1. The molecule has 0 aliphatic carbocycles. The maximum atomic E-state index is 12.4. The van der Waals surface area contributed by atoms with Crippen molar-refractivity contribution in [2.45, 2.75) is 13.0 Å². The monoisotopic (exact) mass is 463 g/mol. The van der Waals surface area contributed by atoms with Gasteiger partial charge in [-0.15, -0.1) is 0 Å². The molecule has 0 saturated carbocycles. The smallest absolute Gasteiger partial charge is 0.343 e. The van der Waals surface area contributed by atoms with E-state index in [0.717, 1.165) is 0 Å². The number of amides is 1. The third-order valence-corrected chi connectivity index (χ3v) is 4.54. The molecule has 1 unspecified atom stereocenters. The molecule has 174 valence electrons. The number of ether oxygens (including phenoxy) is 2. The van der Waals surface area contributed by atoms with Crippen LogP contribution in [0, 0.1) is 10.1 Å².